The van der Waals surface area contributed by atoms with Crippen LogP contribution in [0.3, 0.4) is 0 Å². The monoisotopic (exact) mass is 438 g/mol. The van der Waals surface area contributed by atoms with Crippen LogP contribution in [0, 0.1) is 0 Å². The maximum atomic E-state index is 12.7. The summed E-state index contributed by atoms with van der Waals surface area (Å²) in [4.78, 5) is 24.7. The molecular weight excluding hydrogens is 412 g/mol. The Bertz CT molecular complexity index is 966. The number of aliphatic hydroxyl groups excluding tert-OH is 5. The van der Waals surface area contributed by atoms with E-state index >= 15 is 0 Å². The van der Waals surface area contributed by atoms with Gasteiger partial charge < -0.3 is 39.4 Å². The van der Waals surface area contributed by atoms with Crippen molar-refractivity contribution in [2.75, 3.05) is 6.61 Å². The highest BCUT2D eigenvalue weighted by Crippen LogP contribution is 2.24. The molecule has 1 aromatic heterocycles. The van der Waals surface area contributed by atoms with Gasteiger partial charge in [0.2, 0.25) is 0 Å². The first-order chi connectivity index (χ1) is 14.7. The third kappa shape index (κ3) is 5.36. The zero-order chi connectivity index (χ0) is 22.7. The molecule has 1 saturated heterocycles. The molecule has 10 nitrogen and oxygen atoms in total. The van der Waals surface area contributed by atoms with E-state index in [0.29, 0.717) is 5.56 Å². The van der Waals surface area contributed by atoms with E-state index in [1.165, 1.54) is 13.0 Å². The summed E-state index contributed by atoms with van der Waals surface area (Å²) in [6.07, 6.45) is -7.95. The Morgan fingerprint density at radius 2 is 1.94 bits per heavy atom. The first-order valence-corrected chi connectivity index (χ1v) is 9.87. The molecule has 1 aromatic carbocycles. The Balaban J connectivity index is 1.77. The van der Waals surface area contributed by atoms with Gasteiger partial charge in [0.05, 0.1) is 18.1 Å². The Kier molecular flexibility index (Phi) is 7.55. The summed E-state index contributed by atoms with van der Waals surface area (Å²) >= 11 is 0. The van der Waals surface area contributed by atoms with Crippen LogP contribution in [-0.4, -0.2) is 74.7 Å². The van der Waals surface area contributed by atoms with Crippen LogP contribution in [0.4, 0.5) is 0 Å². The Hall–Kier alpha value is -2.18. The van der Waals surface area contributed by atoms with Crippen LogP contribution in [0.25, 0.3) is 11.0 Å². The number of ketones is 1. The molecule has 3 rings (SSSR count). The van der Waals surface area contributed by atoms with Gasteiger partial charge in [-0.15, -0.1) is 0 Å². The lowest BCUT2D eigenvalue weighted by Gasteiger charge is -2.39. The van der Waals surface area contributed by atoms with Crippen molar-refractivity contribution in [3.05, 3.63) is 45.8 Å². The van der Waals surface area contributed by atoms with Gasteiger partial charge in [0, 0.05) is 18.9 Å². The minimum atomic E-state index is -1.58. The molecule has 0 spiro atoms. The molecule has 170 valence electrons. The molecule has 5 N–H and O–H groups in total. The minimum Gasteiger partial charge on any atom is -0.458 e. The van der Waals surface area contributed by atoms with Crippen molar-refractivity contribution in [2.45, 2.75) is 63.2 Å². The van der Waals surface area contributed by atoms with Crippen LogP contribution in [0.2, 0.25) is 0 Å². The number of hydrogen-bond donors (Lipinski definition) is 5. The first kappa shape index (κ1) is 23.5. The predicted molar refractivity (Wildman–Crippen MR) is 106 cm³/mol. The normalized spacial score (nSPS) is 27.4. The van der Waals surface area contributed by atoms with E-state index in [9.17, 15) is 35.1 Å². The lowest BCUT2D eigenvalue weighted by Crippen LogP contribution is -2.59. The third-order valence-corrected chi connectivity index (χ3v) is 5.04. The Morgan fingerprint density at radius 3 is 2.61 bits per heavy atom. The van der Waals surface area contributed by atoms with E-state index < -0.39 is 48.8 Å². The van der Waals surface area contributed by atoms with Crippen molar-refractivity contribution in [1.82, 2.24) is 0 Å². The summed E-state index contributed by atoms with van der Waals surface area (Å²) in [6, 6.07) is 6.04. The summed E-state index contributed by atoms with van der Waals surface area (Å²) < 4.78 is 16.3. The van der Waals surface area contributed by atoms with Crippen molar-refractivity contribution in [3.8, 4) is 0 Å². The number of carbonyl (C=O) groups excluding carboxylic acids is 1. The summed E-state index contributed by atoms with van der Waals surface area (Å²) in [5.41, 5.74) is 0.328. The topological polar surface area (TPSA) is 167 Å². The molecule has 6 atom stereocenters. The van der Waals surface area contributed by atoms with Gasteiger partial charge in [0.25, 0.3) is 0 Å². The van der Waals surface area contributed by atoms with Crippen LogP contribution < -0.4 is 5.43 Å². The number of carbonyl (C=O) groups is 1. The van der Waals surface area contributed by atoms with Gasteiger partial charge in [-0.1, -0.05) is 12.1 Å². The van der Waals surface area contributed by atoms with E-state index in [2.05, 4.69) is 0 Å². The number of benzene rings is 1. The highest BCUT2D eigenvalue weighted by Gasteiger charge is 2.44. The van der Waals surface area contributed by atoms with Gasteiger partial charge in [-0.25, -0.2) is 0 Å². The van der Waals surface area contributed by atoms with E-state index in [-0.39, 0.29) is 42.0 Å². The summed E-state index contributed by atoms with van der Waals surface area (Å²) in [7, 11) is 0. The zero-order valence-electron chi connectivity index (χ0n) is 16.9. The SMILES string of the molecule is C[C@H](O)CC(=O)Cc1cccc2oc(CO[C@@H]3O[C@H](CO)[C@@H](O)[C@H](O)[C@H]3O)cc(=O)c12. The van der Waals surface area contributed by atoms with Crippen LogP contribution in [0.1, 0.15) is 24.7 Å². The van der Waals surface area contributed by atoms with E-state index in [1.807, 2.05) is 0 Å². The number of fused-ring (bicyclic) bond motifs is 1. The molecular formula is C21H26O10. The zero-order valence-corrected chi connectivity index (χ0v) is 16.9. The molecule has 31 heavy (non-hydrogen) atoms. The molecule has 0 bridgehead atoms. The highest BCUT2D eigenvalue weighted by molar-refractivity contribution is 5.88. The first-order valence-electron chi connectivity index (χ1n) is 9.87. The maximum Gasteiger partial charge on any atom is 0.193 e. The van der Waals surface area contributed by atoms with Crippen molar-refractivity contribution in [2.24, 2.45) is 0 Å². The van der Waals surface area contributed by atoms with Crippen LogP contribution >= 0.6 is 0 Å². The number of ether oxygens (including phenoxy) is 2. The number of aliphatic hydroxyl groups is 5. The largest absolute Gasteiger partial charge is 0.458 e. The molecule has 1 fully saturated rings. The summed E-state index contributed by atoms with van der Waals surface area (Å²) in [5.74, 6) is -0.0983. The van der Waals surface area contributed by atoms with Crippen LogP contribution in [0.5, 0.6) is 0 Å². The van der Waals surface area contributed by atoms with Crippen molar-refractivity contribution >= 4 is 16.8 Å². The predicted octanol–water partition coefficient (Wildman–Crippen LogP) is -1.01. The Labute approximate surface area is 177 Å². The summed E-state index contributed by atoms with van der Waals surface area (Å²) in [5, 5.41) is 48.5. The molecule has 0 aliphatic carbocycles. The maximum absolute atomic E-state index is 12.7. The molecule has 2 heterocycles. The van der Waals surface area contributed by atoms with E-state index in [0.717, 1.165) is 0 Å². The van der Waals surface area contributed by atoms with E-state index in [4.69, 9.17) is 13.9 Å². The minimum absolute atomic E-state index is 0.0201. The van der Waals surface area contributed by atoms with Crippen LogP contribution in [-0.2, 0) is 27.3 Å². The fraction of sp³-hybridized carbons (Fsp3) is 0.524. The standard InChI is InChI=1S/C21H26O10/c1-10(23)5-12(24)6-11-3-2-4-15-17(11)14(25)7-13(30-15)9-29-21-20(28)19(27)18(26)16(8-22)31-21/h2-4,7,10,16,18-23,26-28H,5-6,8-9H2,1H3/t10-,16+,18+,19-,20+,21+/m0/s1. The second-order valence-corrected chi connectivity index (χ2v) is 7.64. The van der Waals surface area contributed by atoms with Crippen molar-refractivity contribution < 1.29 is 44.2 Å². The van der Waals surface area contributed by atoms with Crippen molar-refractivity contribution in [1.29, 1.82) is 0 Å². The molecule has 0 radical (unpaired) electrons. The van der Waals surface area contributed by atoms with Gasteiger partial charge in [0.1, 0.15) is 48.1 Å². The molecule has 1 aliphatic rings. The lowest BCUT2D eigenvalue weighted by atomic mass is 9.99. The molecule has 0 unspecified atom stereocenters. The Morgan fingerprint density at radius 1 is 1.19 bits per heavy atom. The van der Waals surface area contributed by atoms with Crippen molar-refractivity contribution in [3.63, 3.8) is 0 Å². The summed E-state index contributed by atoms with van der Waals surface area (Å²) in [6.45, 7) is 0.628. The number of hydrogen-bond acceptors (Lipinski definition) is 10. The molecule has 10 heteroatoms. The van der Waals surface area contributed by atoms with Gasteiger partial charge >= 0.3 is 0 Å². The highest BCUT2D eigenvalue weighted by atomic mass is 16.7. The number of Topliss-reactive ketones (excluding diaryl/α,β-unsaturated/α-hetero) is 1. The quantitative estimate of drug-likeness (QED) is 0.345. The van der Waals surface area contributed by atoms with E-state index in [1.54, 1.807) is 18.2 Å². The fourth-order valence-electron chi connectivity index (χ4n) is 3.53. The van der Waals surface area contributed by atoms with Crippen LogP contribution in [0.15, 0.2) is 33.5 Å². The second-order valence-electron chi connectivity index (χ2n) is 7.64. The molecule has 1 aliphatic heterocycles. The lowest BCUT2D eigenvalue weighted by molar-refractivity contribution is -0.304. The van der Waals surface area contributed by atoms with Gasteiger partial charge in [-0.2, -0.15) is 0 Å². The average molecular weight is 438 g/mol. The molecule has 0 saturated carbocycles. The van der Waals surface area contributed by atoms with Gasteiger partial charge in [-0.3, -0.25) is 9.59 Å². The second kappa shape index (κ2) is 9.96. The number of rotatable bonds is 8. The third-order valence-electron chi connectivity index (χ3n) is 5.04. The average Bonchev–Trinajstić information content (AvgIpc) is 2.71. The molecule has 2 aromatic rings. The van der Waals surface area contributed by atoms with Gasteiger partial charge in [0.15, 0.2) is 11.7 Å². The smallest absolute Gasteiger partial charge is 0.193 e. The fourth-order valence-corrected chi connectivity index (χ4v) is 3.53. The molecule has 0 amide bonds. The van der Waals surface area contributed by atoms with Gasteiger partial charge in [-0.05, 0) is 18.6 Å².